The first kappa shape index (κ1) is 27.7. The number of ether oxygens (including phenoxy) is 1. The molecule has 2 aromatic rings. The highest BCUT2D eigenvalue weighted by Gasteiger charge is 2.19. The van der Waals surface area contributed by atoms with Gasteiger partial charge >= 0.3 is 0 Å². The molecule has 0 atom stereocenters. The largest absolute Gasteiger partial charge is 0.468 e. The van der Waals surface area contributed by atoms with E-state index in [1.165, 1.54) is 0 Å². The van der Waals surface area contributed by atoms with Gasteiger partial charge < -0.3 is 10.1 Å². The van der Waals surface area contributed by atoms with Crippen molar-refractivity contribution in [3.8, 4) is 0 Å². The number of benzene rings is 2. The van der Waals surface area contributed by atoms with Crippen LogP contribution < -0.4 is 10.0 Å². The second-order valence-corrected chi connectivity index (χ2v) is 11.5. The van der Waals surface area contributed by atoms with Gasteiger partial charge in [0.25, 0.3) is 6.47 Å². The Morgan fingerprint density at radius 2 is 1.71 bits per heavy atom. The number of hydrogen-bond acceptors (Lipinski definition) is 7. The maximum Gasteiger partial charge on any atom is 0.293 e. The average molecular weight is 509 g/mol. The average Bonchev–Trinajstić information content (AvgIpc) is 2.82. The van der Waals surface area contributed by atoms with E-state index in [0.717, 1.165) is 31.5 Å². The molecule has 0 aromatic heterocycles. The van der Waals surface area contributed by atoms with Gasteiger partial charge in [0.2, 0.25) is 19.9 Å². The minimum Gasteiger partial charge on any atom is -0.468 e. The summed E-state index contributed by atoms with van der Waals surface area (Å²) in [6, 6.07) is 13.1. The van der Waals surface area contributed by atoms with E-state index in [1.807, 2.05) is 6.92 Å². The molecule has 1 fully saturated rings. The van der Waals surface area contributed by atoms with Crippen molar-refractivity contribution in [2.24, 2.45) is 0 Å². The number of rotatable bonds is 9. The van der Waals surface area contributed by atoms with E-state index in [0.29, 0.717) is 18.6 Å². The predicted molar refractivity (Wildman–Crippen MR) is 133 cm³/mol. The van der Waals surface area contributed by atoms with Gasteiger partial charge in [0, 0.05) is 6.04 Å². The smallest absolute Gasteiger partial charge is 0.293 e. The standard InChI is InChI=1S/C21H26N2O4S2.C3H6O2/c1-17-9-10-21(29(26,27)20-7-3-2-4-8-20)16-18(17)6-5-15-28(24,25)23-19-11-13-22-14-12-19;1-2-5-3-4/h2-10,16,19,22-23H,11-15H2,1H3;3H,2H2,1H3. The lowest BCUT2D eigenvalue weighted by Gasteiger charge is -2.23. The summed E-state index contributed by atoms with van der Waals surface area (Å²) >= 11 is 0. The molecule has 3 rings (SSSR count). The van der Waals surface area contributed by atoms with E-state index < -0.39 is 19.9 Å². The number of hydrogen-bond donors (Lipinski definition) is 2. The van der Waals surface area contributed by atoms with Crippen LogP contribution in [-0.2, 0) is 29.4 Å². The normalized spacial score (nSPS) is 14.9. The fraction of sp³-hybridized carbons (Fsp3) is 0.375. The van der Waals surface area contributed by atoms with Crippen molar-refractivity contribution < 1.29 is 26.4 Å². The van der Waals surface area contributed by atoms with E-state index in [9.17, 15) is 21.6 Å². The van der Waals surface area contributed by atoms with Crippen molar-refractivity contribution in [1.82, 2.24) is 10.0 Å². The number of piperidine rings is 1. The molecular weight excluding hydrogens is 476 g/mol. The zero-order valence-corrected chi connectivity index (χ0v) is 21.1. The fourth-order valence-corrected chi connectivity index (χ4v) is 5.82. The van der Waals surface area contributed by atoms with Crippen LogP contribution in [-0.4, -0.2) is 54.8 Å². The van der Waals surface area contributed by atoms with E-state index in [4.69, 9.17) is 0 Å². The van der Waals surface area contributed by atoms with E-state index in [2.05, 4.69) is 14.8 Å². The SMILES string of the molecule is CCOC=O.Cc1ccc(S(=O)(=O)c2ccccc2)cc1C=CCS(=O)(=O)NC1CCNCC1. The van der Waals surface area contributed by atoms with Crippen LogP contribution in [0.3, 0.4) is 0 Å². The molecule has 0 aliphatic carbocycles. The van der Waals surface area contributed by atoms with E-state index in [1.54, 1.807) is 67.6 Å². The van der Waals surface area contributed by atoms with Crippen molar-refractivity contribution in [3.63, 3.8) is 0 Å². The number of nitrogens with one attached hydrogen (secondary N) is 2. The first-order chi connectivity index (χ1) is 16.2. The highest BCUT2D eigenvalue weighted by molar-refractivity contribution is 7.91. The summed E-state index contributed by atoms with van der Waals surface area (Å²) in [5.41, 5.74) is 1.55. The third-order valence-electron chi connectivity index (χ3n) is 5.15. The molecule has 1 aliphatic heterocycles. The molecule has 2 aromatic carbocycles. The lowest BCUT2D eigenvalue weighted by molar-refractivity contribution is -0.128. The summed E-state index contributed by atoms with van der Waals surface area (Å²) < 4.78 is 57.1. The maximum absolute atomic E-state index is 12.8. The molecule has 186 valence electrons. The van der Waals surface area contributed by atoms with Gasteiger partial charge in [-0.15, -0.1) is 0 Å². The Morgan fingerprint density at radius 3 is 2.29 bits per heavy atom. The molecule has 0 bridgehead atoms. The number of sulfonamides is 1. The number of carbonyl (C=O) groups is 1. The molecule has 0 amide bonds. The number of aryl methyl sites for hydroxylation is 1. The Balaban J connectivity index is 0.000000739. The molecule has 1 saturated heterocycles. The van der Waals surface area contributed by atoms with E-state index >= 15 is 0 Å². The van der Waals surface area contributed by atoms with Crippen LogP contribution in [0.1, 0.15) is 30.9 Å². The zero-order chi connectivity index (χ0) is 25.0. The van der Waals surface area contributed by atoms with Crippen LogP contribution in [0.5, 0.6) is 0 Å². The molecule has 0 radical (unpaired) electrons. The topological polar surface area (TPSA) is 119 Å². The van der Waals surface area contributed by atoms with Gasteiger partial charge in [-0.05, 0) is 75.2 Å². The van der Waals surface area contributed by atoms with Crippen molar-refractivity contribution in [2.45, 2.75) is 42.5 Å². The van der Waals surface area contributed by atoms with Crippen molar-refractivity contribution in [2.75, 3.05) is 25.4 Å². The molecule has 10 heteroatoms. The zero-order valence-electron chi connectivity index (χ0n) is 19.4. The highest BCUT2D eigenvalue weighted by Crippen LogP contribution is 2.23. The molecule has 0 saturated carbocycles. The lowest BCUT2D eigenvalue weighted by Crippen LogP contribution is -2.43. The van der Waals surface area contributed by atoms with Gasteiger partial charge in [0.15, 0.2) is 0 Å². The number of carbonyl (C=O) groups excluding carboxylic acids is 1. The van der Waals surface area contributed by atoms with E-state index in [-0.39, 0.29) is 21.6 Å². The Hall–Kier alpha value is -2.53. The Labute approximate surface area is 202 Å². The quantitative estimate of drug-likeness (QED) is 0.500. The van der Waals surface area contributed by atoms with Gasteiger partial charge in [0.1, 0.15) is 0 Å². The van der Waals surface area contributed by atoms with Gasteiger partial charge in [-0.25, -0.2) is 21.6 Å². The molecule has 0 spiro atoms. The third-order valence-corrected chi connectivity index (χ3v) is 8.24. The number of sulfone groups is 1. The Morgan fingerprint density at radius 1 is 1.03 bits per heavy atom. The molecule has 0 unspecified atom stereocenters. The van der Waals surface area contributed by atoms with Gasteiger partial charge in [-0.2, -0.15) is 0 Å². The minimum absolute atomic E-state index is 0.0317. The summed E-state index contributed by atoms with van der Waals surface area (Å²) in [5, 5.41) is 3.20. The van der Waals surface area contributed by atoms with Crippen LogP contribution in [0.15, 0.2) is 64.4 Å². The second kappa shape index (κ2) is 13.4. The maximum atomic E-state index is 12.8. The first-order valence-corrected chi connectivity index (χ1v) is 14.2. The summed E-state index contributed by atoms with van der Waals surface area (Å²) in [6.45, 7) is 6.15. The summed E-state index contributed by atoms with van der Waals surface area (Å²) in [4.78, 5) is 9.60. The molecule has 34 heavy (non-hydrogen) atoms. The van der Waals surface area contributed by atoms with Gasteiger partial charge in [-0.1, -0.05) is 36.4 Å². The third kappa shape index (κ3) is 8.68. The van der Waals surface area contributed by atoms with Crippen molar-refractivity contribution >= 4 is 32.4 Å². The molecule has 1 heterocycles. The summed E-state index contributed by atoms with van der Waals surface area (Å²) in [6.07, 6.45) is 4.79. The van der Waals surface area contributed by atoms with Gasteiger partial charge in [0.05, 0.1) is 22.2 Å². The predicted octanol–water partition coefficient (Wildman–Crippen LogP) is 2.69. The first-order valence-electron chi connectivity index (χ1n) is 11.0. The summed E-state index contributed by atoms with van der Waals surface area (Å²) in [7, 11) is -7.05. The van der Waals surface area contributed by atoms with Crippen LogP contribution in [0.4, 0.5) is 0 Å². The fourth-order valence-electron chi connectivity index (χ4n) is 3.31. The Kier molecular flexibility index (Phi) is 10.9. The van der Waals surface area contributed by atoms with Crippen molar-refractivity contribution in [3.05, 3.63) is 65.7 Å². The van der Waals surface area contributed by atoms with Crippen LogP contribution in [0.2, 0.25) is 0 Å². The Bertz CT molecular complexity index is 1160. The monoisotopic (exact) mass is 508 g/mol. The summed E-state index contributed by atoms with van der Waals surface area (Å²) in [5.74, 6) is -0.147. The molecule has 1 aliphatic rings. The van der Waals surface area contributed by atoms with Crippen LogP contribution >= 0.6 is 0 Å². The lowest BCUT2D eigenvalue weighted by atomic mass is 10.1. The highest BCUT2D eigenvalue weighted by atomic mass is 32.2. The second-order valence-electron chi connectivity index (χ2n) is 7.71. The van der Waals surface area contributed by atoms with Crippen molar-refractivity contribution in [1.29, 1.82) is 0 Å². The minimum atomic E-state index is -3.62. The molecule has 8 nitrogen and oxygen atoms in total. The van der Waals surface area contributed by atoms with Gasteiger partial charge in [-0.3, -0.25) is 4.79 Å². The molecular formula is C24H32N2O6S2. The molecule has 2 N–H and O–H groups in total. The van der Waals surface area contributed by atoms with Crippen LogP contribution in [0, 0.1) is 6.92 Å². The van der Waals surface area contributed by atoms with Crippen LogP contribution in [0.25, 0.3) is 6.08 Å².